The molecule has 1 aromatic rings. The van der Waals surface area contributed by atoms with Crippen molar-refractivity contribution < 1.29 is 30.7 Å². The Morgan fingerprint density at radius 3 is 1.28 bits per heavy atom. The molecule has 0 saturated carbocycles. The van der Waals surface area contributed by atoms with E-state index in [2.05, 4.69) is 0 Å². The summed E-state index contributed by atoms with van der Waals surface area (Å²) in [6.45, 7) is 4.09. The van der Waals surface area contributed by atoms with Crippen molar-refractivity contribution >= 4 is 13.3 Å². The summed E-state index contributed by atoms with van der Waals surface area (Å²) < 4.78 is 90.4. The van der Waals surface area contributed by atoms with E-state index in [0.717, 1.165) is 0 Å². The van der Waals surface area contributed by atoms with Crippen molar-refractivity contribution in [3.05, 3.63) is 28.8 Å². The Bertz CT molecular complexity index is 410. The van der Waals surface area contributed by atoms with E-state index < -0.39 is 48.3 Å². The first-order valence-corrected chi connectivity index (χ1v) is 8.32. The van der Waals surface area contributed by atoms with Crippen molar-refractivity contribution in [2.24, 2.45) is 0 Å². The van der Waals surface area contributed by atoms with Crippen LogP contribution in [0.25, 0.3) is 0 Å². The molecule has 0 radical (unpaired) electrons. The zero-order valence-electron chi connectivity index (χ0n) is 9.65. The number of hydrogen-bond acceptors (Lipinski definition) is 0. The predicted octanol–water partition coefficient (Wildman–Crippen LogP) is 3.81. The molecule has 0 heterocycles. The number of rotatable bonds is 1. The van der Waals surface area contributed by atoms with Crippen LogP contribution in [-0.2, 0) is 6.18 Å². The van der Waals surface area contributed by atoms with Crippen molar-refractivity contribution in [1.82, 2.24) is 0 Å². The highest BCUT2D eigenvalue weighted by Crippen LogP contribution is 2.35. The lowest BCUT2D eigenvalue weighted by Gasteiger charge is -2.21. The quantitative estimate of drug-likeness (QED) is 0.419. The maximum atomic E-state index is 13.5. The van der Waals surface area contributed by atoms with E-state index in [1.165, 1.54) is 19.6 Å². The molecule has 8 heteroatoms. The summed E-state index contributed by atoms with van der Waals surface area (Å²) in [7, 11) is -2.86. The lowest BCUT2D eigenvalue weighted by Crippen LogP contribution is -2.44. The van der Waals surface area contributed by atoms with Crippen LogP contribution < -0.4 is 5.19 Å². The van der Waals surface area contributed by atoms with Gasteiger partial charge in [0.1, 0.15) is 5.56 Å². The van der Waals surface area contributed by atoms with E-state index in [-0.39, 0.29) is 0 Å². The van der Waals surface area contributed by atoms with Crippen LogP contribution in [0.2, 0.25) is 19.6 Å². The van der Waals surface area contributed by atoms with Crippen LogP contribution >= 0.6 is 0 Å². The van der Waals surface area contributed by atoms with E-state index in [1.807, 2.05) is 0 Å². The van der Waals surface area contributed by atoms with Gasteiger partial charge in [-0.05, 0) is 0 Å². The topological polar surface area (TPSA) is 0 Å². The zero-order chi connectivity index (χ0) is 14.5. The Hall–Kier alpha value is -1.05. The van der Waals surface area contributed by atoms with Gasteiger partial charge in [0.15, 0.2) is 23.3 Å². The second-order valence-electron chi connectivity index (χ2n) is 4.75. The molecular weight excluding hydrogens is 281 g/mol. The van der Waals surface area contributed by atoms with Crippen LogP contribution in [0.1, 0.15) is 5.56 Å². The largest absolute Gasteiger partial charge is 0.422 e. The van der Waals surface area contributed by atoms with Crippen molar-refractivity contribution in [3.63, 3.8) is 0 Å². The molecule has 0 atom stereocenters. The first kappa shape index (κ1) is 15.0. The maximum Gasteiger partial charge on any atom is 0.422 e. The summed E-state index contributed by atoms with van der Waals surface area (Å²) in [5, 5.41) is -0.912. The van der Waals surface area contributed by atoms with Gasteiger partial charge < -0.3 is 0 Å². The molecule has 102 valence electrons. The highest BCUT2D eigenvalue weighted by molar-refractivity contribution is 6.88. The highest BCUT2D eigenvalue weighted by Gasteiger charge is 2.43. The van der Waals surface area contributed by atoms with Crippen molar-refractivity contribution in [3.8, 4) is 0 Å². The molecule has 0 unspecified atom stereocenters. The molecular formula is C10H9F7Si. The first-order chi connectivity index (χ1) is 7.89. The molecule has 0 nitrogen and oxygen atoms in total. The third-order valence-corrected chi connectivity index (χ3v) is 4.24. The van der Waals surface area contributed by atoms with Gasteiger partial charge in [-0.3, -0.25) is 0 Å². The average Bonchev–Trinajstić information content (AvgIpc) is 2.10. The highest BCUT2D eigenvalue weighted by atomic mass is 28.3. The Kier molecular flexibility index (Phi) is 3.54. The Labute approximate surface area is 99.4 Å². The number of alkyl halides is 3. The molecule has 0 N–H and O–H groups in total. The second-order valence-corrected chi connectivity index (χ2v) is 9.75. The third kappa shape index (κ3) is 2.38. The van der Waals surface area contributed by atoms with Crippen molar-refractivity contribution in [1.29, 1.82) is 0 Å². The SMILES string of the molecule is C[Si](C)(C)c1c(F)c(F)c(C(F)(F)F)c(F)c1F. The maximum absolute atomic E-state index is 13.5. The fraction of sp³-hybridized carbons (Fsp3) is 0.400. The van der Waals surface area contributed by atoms with Crippen LogP contribution in [0.3, 0.4) is 0 Å². The molecule has 0 amide bonds. The standard InChI is InChI=1S/C10H9F7Si/c1-18(2,3)9-7(13)5(11)4(10(15,16)17)6(12)8(9)14/h1-3H3. The number of benzene rings is 1. The number of halogens is 7. The molecule has 0 aliphatic carbocycles. The summed E-state index contributed by atoms with van der Waals surface area (Å²) in [6, 6.07) is 0. The number of hydrogen-bond donors (Lipinski definition) is 0. The van der Waals surface area contributed by atoms with E-state index in [9.17, 15) is 30.7 Å². The van der Waals surface area contributed by atoms with E-state index in [0.29, 0.717) is 0 Å². The summed E-state index contributed by atoms with van der Waals surface area (Å²) in [5.74, 6) is -8.70. The monoisotopic (exact) mass is 290 g/mol. The van der Waals surface area contributed by atoms with E-state index >= 15 is 0 Å². The minimum atomic E-state index is -5.49. The fourth-order valence-corrected chi connectivity index (χ4v) is 3.08. The molecule has 0 fully saturated rings. The minimum Gasteiger partial charge on any atom is -0.204 e. The summed E-state index contributed by atoms with van der Waals surface area (Å²) in [6.07, 6.45) is -5.49. The zero-order valence-corrected chi connectivity index (χ0v) is 10.6. The smallest absolute Gasteiger partial charge is 0.204 e. The second kappa shape index (κ2) is 4.25. The first-order valence-electron chi connectivity index (χ1n) is 4.82. The van der Waals surface area contributed by atoms with Crippen LogP contribution in [-0.4, -0.2) is 8.07 Å². The summed E-state index contributed by atoms with van der Waals surface area (Å²) in [5.41, 5.74) is -2.53. The molecule has 0 saturated heterocycles. The average molecular weight is 290 g/mol. The van der Waals surface area contributed by atoms with E-state index in [1.54, 1.807) is 0 Å². The Balaban J connectivity index is 3.79. The molecule has 0 aliphatic rings. The van der Waals surface area contributed by atoms with E-state index in [4.69, 9.17) is 0 Å². The molecule has 1 rings (SSSR count). The summed E-state index contributed by atoms with van der Waals surface area (Å²) in [4.78, 5) is 0. The van der Waals surface area contributed by atoms with Gasteiger partial charge in [-0.1, -0.05) is 19.6 Å². The van der Waals surface area contributed by atoms with Crippen LogP contribution in [0.4, 0.5) is 30.7 Å². The third-order valence-electron chi connectivity index (χ3n) is 2.30. The van der Waals surface area contributed by atoms with Crippen molar-refractivity contribution in [2.75, 3.05) is 0 Å². The van der Waals surface area contributed by atoms with Crippen LogP contribution in [0.5, 0.6) is 0 Å². The Morgan fingerprint density at radius 2 is 1.06 bits per heavy atom. The van der Waals surface area contributed by atoms with Gasteiger partial charge >= 0.3 is 6.18 Å². The van der Waals surface area contributed by atoms with Gasteiger partial charge in [0, 0.05) is 5.19 Å². The molecule has 0 aliphatic heterocycles. The predicted molar refractivity (Wildman–Crippen MR) is 54.3 cm³/mol. The van der Waals surface area contributed by atoms with Crippen LogP contribution in [0.15, 0.2) is 0 Å². The fourth-order valence-electron chi connectivity index (χ4n) is 1.54. The summed E-state index contributed by atoms with van der Waals surface area (Å²) >= 11 is 0. The van der Waals surface area contributed by atoms with Gasteiger partial charge in [-0.2, -0.15) is 13.2 Å². The lowest BCUT2D eigenvalue weighted by atomic mass is 10.1. The van der Waals surface area contributed by atoms with Gasteiger partial charge in [-0.15, -0.1) is 0 Å². The van der Waals surface area contributed by atoms with Gasteiger partial charge in [0.05, 0.1) is 8.07 Å². The minimum absolute atomic E-state index is 0.912. The van der Waals surface area contributed by atoms with Crippen LogP contribution in [0, 0.1) is 23.3 Å². The van der Waals surface area contributed by atoms with Crippen molar-refractivity contribution in [2.45, 2.75) is 25.8 Å². The lowest BCUT2D eigenvalue weighted by molar-refractivity contribution is -0.143. The molecule has 0 aromatic heterocycles. The van der Waals surface area contributed by atoms with Gasteiger partial charge in [-0.25, -0.2) is 17.6 Å². The van der Waals surface area contributed by atoms with Gasteiger partial charge in [0.2, 0.25) is 0 Å². The molecule has 0 spiro atoms. The van der Waals surface area contributed by atoms with Gasteiger partial charge in [0.25, 0.3) is 0 Å². The Morgan fingerprint density at radius 1 is 0.722 bits per heavy atom. The molecule has 0 bridgehead atoms. The normalized spacial score (nSPS) is 13.0. The molecule has 18 heavy (non-hydrogen) atoms. The molecule has 1 aromatic carbocycles.